The lowest BCUT2D eigenvalue weighted by atomic mass is 9.74. The van der Waals surface area contributed by atoms with Crippen LogP contribution in [0.2, 0.25) is 0 Å². The molecular weight excluding hydrogens is 369 g/mol. The third kappa shape index (κ3) is 5.70. The molecule has 1 saturated heterocycles. The van der Waals surface area contributed by atoms with E-state index in [2.05, 4.69) is 15.6 Å². The van der Waals surface area contributed by atoms with Crippen molar-refractivity contribution in [2.45, 2.75) is 50.4 Å². The summed E-state index contributed by atoms with van der Waals surface area (Å²) in [6.07, 6.45) is 8.01. The number of rotatable bonds is 8. The quantitative estimate of drug-likeness (QED) is 0.512. The van der Waals surface area contributed by atoms with Crippen molar-refractivity contribution in [1.82, 2.24) is 10.6 Å². The van der Waals surface area contributed by atoms with Crippen LogP contribution in [0.25, 0.3) is 0 Å². The maximum absolute atomic E-state index is 13.4. The summed E-state index contributed by atoms with van der Waals surface area (Å²) in [6, 6.07) is 6.94. The van der Waals surface area contributed by atoms with E-state index < -0.39 is 0 Å². The Hall–Kier alpha value is -1.66. The van der Waals surface area contributed by atoms with Crippen LogP contribution in [-0.2, 0) is 14.9 Å². The van der Waals surface area contributed by atoms with Gasteiger partial charge in [0.15, 0.2) is 5.96 Å². The van der Waals surface area contributed by atoms with Crippen molar-refractivity contribution in [2.75, 3.05) is 47.1 Å². The molecule has 1 aromatic carbocycles. The average Bonchev–Trinajstić information content (AvgIpc) is 3.22. The van der Waals surface area contributed by atoms with E-state index in [0.29, 0.717) is 5.41 Å². The Labute approximate surface area is 174 Å². The minimum Gasteiger partial charge on any atom is -0.385 e. The van der Waals surface area contributed by atoms with Crippen LogP contribution in [0, 0.1) is 11.2 Å². The van der Waals surface area contributed by atoms with Gasteiger partial charge in [0.1, 0.15) is 5.82 Å². The molecule has 2 N–H and O–H groups in total. The number of hydrogen-bond acceptors (Lipinski definition) is 3. The van der Waals surface area contributed by atoms with E-state index in [1.54, 1.807) is 19.2 Å². The molecule has 1 aromatic rings. The van der Waals surface area contributed by atoms with Crippen molar-refractivity contribution in [1.29, 1.82) is 0 Å². The number of nitrogens with zero attached hydrogens (tertiary/aromatic N) is 1. The Morgan fingerprint density at radius 1 is 1.07 bits per heavy atom. The van der Waals surface area contributed by atoms with Gasteiger partial charge >= 0.3 is 0 Å². The van der Waals surface area contributed by atoms with Gasteiger partial charge in [-0.1, -0.05) is 25.0 Å². The highest BCUT2D eigenvalue weighted by atomic mass is 19.1. The molecule has 6 heteroatoms. The number of benzene rings is 1. The molecule has 0 radical (unpaired) electrons. The molecule has 5 nitrogen and oxygen atoms in total. The molecule has 1 aliphatic carbocycles. The first-order valence-electron chi connectivity index (χ1n) is 10.9. The molecule has 0 bridgehead atoms. The van der Waals surface area contributed by atoms with E-state index >= 15 is 0 Å². The van der Waals surface area contributed by atoms with E-state index in [-0.39, 0.29) is 11.2 Å². The van der Waals surface area contributed by atoms with Crippen LogP contribution in [-0.4, -0.2) is 53.0 Å². The van der Waals surface area contributed by atoms with Crippen LogP contribution in [0.4, 0.5) is 4.39 Å². The van der Waals surface area contributed by atoms with Gasteiger partial charge in [0.05, 0.1) is 0 Å². The molecule has 29 heavy (non-hydrogen) atoms. The van der Waals surface area contributed by atoms with Gasteiger partial charge in [0.2, 0.25) is 0 Å². The van der Waals surface area contributed by atoms with Gasteiger partial charge in [-0.15, -0.1) is 0 Å². The van der Waals surface area contributed by atoms with Crippen molar-refractivity contribution < 1.29 is 13.9 Å². The lowest BCUT2D eigenvalue weighted by molar-refractivity contribution is 0.0513. The van der Waals surface area contributed by atoms with Gasteiger partial charge in [-0.25, -0.2) is 4.39 Å². The summed E-state index contributed by atoms with van der Waals surface area (Å²) in [5, 5.41) is 7.12. The second kappa shape index (κ2) is 10.4. The zero-order valence-corrected chi connectivity index (χ0v) is 17.9. The standard InChI is InChI=1S/C23H36FN3O2/c1-25-21(26-17-22(11-14-28-2)9-3-4-10-22)27-18-23(12-15-29-16-13-23)19-5-7-20(24)8-6-19/h5-8H,3-4,9-18H2,1-2H3,(H2,25,26,27). The predicted octanol–water partition coefficient (Wildman–Crippen LogP) is 3.64. The maximum Gasteiger partial charge on any atom is 0.191 e. The minimum absolute atomic E-state index is 0.0648. The first-order valence-corrected chi connectivity index (χ1v) is 10.9. The summed E-state index contributed by atoms with van der Waals surface area (Å²) < 4.78 is 24.4. The number of ether oxygens (including phenoxy) is 2. The van der Waals surface area contributed by atoms with Crippen molar-refractivity contribution in [3.8, 4) is 0 Å². The SMILES string of the molecule is CN=C(NCC1(CCOC)CCCC1)NCC1(c2ccc(F)cc2)CCOCC1. The molecule has 0 atom stereocenters. The highest BCUT2D eigenvalue weighted by Gasteiger charge is 2.36. The second-order valence-electron chi connectivity index (χ2n) is 8.63. The Kier molecular flexibility index (Phi) is 7.90. The maximum atomic E-state index is 13.4. The van der Waals surface area contributed by atoms with Crippen LogP contribution < -0.4 is 10.6 Å². The molecule has 0 amide bonds. The number of guanidine groups is 1. The number of methoxy groups -OCH3 is 1. The molecular formula is C23H36FN3O2. The van der Waals surface area contributed by atoms with E-state index in [9.17, 15) is 4.39 Å². The van der Waals surface area contributed by atoms with Crippen LogP contribution in [0.15, 0.2) is 29.3 Å². The van der Waals surface area contributed by atoms with E-state index in [1.807, 2.05) is 19.2 Å². The minimum atomic E-state index is -0.195. The summed E-state index contributed by atoms with van der Waals surface area (Å²) in [7, 11) is 3.60. The average molecular weight is 406 g/mol. The number of nitrogens with one attached hydrogen (secondary N) is 2. The van der Waals surface area contributed by atoms with Gasteiger partial charge in [-0.05, 0) is 55.2 Å². The fraction of sp³-hybridized carbons (Fsp3) is 0.696. The van der Waals surface area contributed by atoms with Crippen LogP contribution >= 0.6 is 0 Å². The van der Waals surface area contributed by atoms with E-state index in [4.69, 9.17) is 9.47 Å². The van der Waals surface area contributed by atoms with E-state index in [1.165, 1.54) is 25.7 Å². The highest BCUT2D eigenvalue weighted by Crippen LogP contribution is 2.40. The molecule has 1 aliphatic heterocycles. The van der Waals surface area contributed by atoms with Gasteiger partial charge in [-0.3, -0.25) is 4.99 Å². The molecule has 3 rings (SSSR count). The first-order chi connectivity index (χ1) is 14.1. The Morgan fingerprint density at radius 2 is 1.72 bits per heavy atom. The lowest BCUT2D eigenvalue weighted by Gasteiger charge is -2.38. The molecule has 0 aromatic heterocycles. The summed E-state index contributed by atoms with van der Waals surface area (Å²) in [5.41, 5.74) is 1.41. The molecule has 0 unspecified atom stereocenters. The Balaban J connectivity index is 1.62. The Morgan fingerprint density at radius 3 is 2.34 bits per heavy atom. The number of hydrogen-bond donors (Lipinski definition) is 2. The molecule has 1 heterocycles. The first kappa shape index (κ1) is 22.0. The van der Waals surface area contributed by atoms with Crippen LogP contribution in [0.5, 0.6) is 0 Å². The van der Waals surface area contributed by atoms with Crippen molar-refractivity contribution in [2.24, 2.45) is 10.4 Å². The zero-order chi connectivity index (χ0) is 20.6. The lowest BCUT2D eigenvalue weighted by Crippen LogP contribution is -2.49. The zero-order valence-electron chi connectivity index (χ0n) is 17.9. The predicted molar refractivity (Wildman–Crippen MR) is 115 cm³/mol. The van der Waals surface area contributed by atoms with Crippen molar-refractivity contribution in [3.63, 3.8) is 0 Å². The summed E-state index contributed by atoms with van der Waals surface area (Å²) in [5.74, 6) is 0.640. The van der Waals surface area contributed by atoms with Gasteiger partial charge in [0, 0.05) is 52.5 Å². The molecule has 1 saturated carbocycles. The Bertz CT molecular complexity index is 651. The fourth-order valence-corrected chi connectivity index (χ4v) is 4.84. The summed E-state index contributed by atoms with van der Waals surface area (Å²) in [6.45, 7) is 3.94. The molecule has 2 aliphatic rings. The van der Waals surface area contributed by atoms with Crippen molar-refractivity contribution in [3.05, 3.63) is 35.6 Å². The third-order valence-corrected chi connectivity index (χ3v) is 6.86. The highest BCUT2D eigenvalue weighted by molar-refractivity contribution is 5.79. The van der Waals surface area contributed by atoms with Crippen molar-refractivity contribution >= 4 is 5.96 Å². The molecule has 2 fully saturated rings. The fourth-order valence-electron chi connectivity index (χ4n) is 4.84. The largest absolute Gasteiger partial charge is 0.385 e. The topological polar surface area (TPSA) is 54.9 Å². The summed E-state index contributed by atoms with van der Waals surface area (Å²) >= 11 is 0. The third-order valence-electron chi connectivity index (χ3n) is 6.86. The van der Waals surface area contributed by atoms with Gasteiger partial charge in [0.25, 0.3) is 0 Å². The molecule has 0 spiro atoms. The van der Waals surface area contributed by atoms with Gasteiger partial charge < -0.3 is 20.1 Å². The normalized spacial score (nSPS) is 21.1. The molecule has 162 valence electrons. The monoisotopic (exact) mass is 405 g/mol. The van der Waals surface area contributed by atoms with E-state index in [0.717, 1.165) is 63.7 Å². The second-order valence-corrected chi connectivity index (χ2v) is 8.63. The van der Waals surface area contributed by atoms with Crippen LogP contribution in [0.1, 0.15) is 50.5 Å². The smallest absolute Gasteiger partial charge is 0.191 e. The number of aliphatic imine (C=N–C) groups is 1. The number of halogens is 1. The summed E-state index contributed by atoms with van der Waals surface area (Å²) in [4.78, 5) is 4.46. The van der Waals surface area contributed by atoms with Gasteiger partial charge in [-0.2, -0.15) is 0 Å². The van der Waals surface area contributed by atoms with Crippen LogP contribution in [0.3, 0.4) is 0 Å².